The highest BCUT2D eigenvalue weighted by Crippen LogP contribution is 2.11. The molecule has 0 bridgehead atoms. The minimum Gasteiger partial charge on any atom is -0.350 e. The van der Waals surface area contributed by atoms with E-state index >= 15 is 0 Å². The predicted molar refractivity (Wildman–Crippen MR) is 77.5 cm³/mol. The lowest BCUT2D eigenvalue weighted by atomic mass is 10.1. The molecule has 19 heavy (non-hydrogen) atoms. The third kappa shape index (κ3) is 4.21. The molecule has 2 aromatic rings. The molecule has 0 spiro atoms. The van der Waals surface area contributed by atoms with Gasteiger partial charge in [0.2, 0.25) is 5.91 Å². The summed E-state index contributed by atoms with van der Waals surface area (Å²) in [5, 5.41) is 7.10. The Kier molecular flexibility index (Phi) is 4.74. The second-order valence-electron chi connectivity index (χ2n) is 4.37. The van der Waals surface area contributed by atoms with E-state index in [1.54, 1.807) is 10.9 Å². The number of halogens is 1. The van der Waals surface area contributed by atoms with Crippen LogP contribution in [0.15, 0.2) is 47.2 Å². The van der Waals surface area contributed by atoms with Crippen LogP contribution in [-0.4, -0.2) is 15.7 Å². The molecule has 0 radical (unpaired) electrons. The van der Waals surface area contributed by atoms with Crippen LogP contribution in [0.5, 0.6) is 0 Å². The minimum atomic E-state index is 0.0260. The largest absolute Gasteiger partial charge is 0.350 e. The van der Waals surface area contributed by atoms with Crippen LogP contribution in [-0.2, 0) is 11.3 Å². The summed E-state index contributed by atoms with van der Waals surface area (Å²) in [6.07, 6.45) is 3.99. The number of aryl methyl sites for hydroxylation is 1. The maximum absolute atomic E-state index is 11.8. The molecule has 1 aromatic heterocycles. The monoisotopic (exact) mass is 321 g/mol. The fourth-order valence-corrected chi connectivity index (χ4v) is 2.14. The molecular weight excluding hydrogens is 306 g/mol. The minimum absolute atomic E-state index is 0.0260. The Morgan fingerprint density at radius 1 is 1.42 bits per heavy atom. The number of carbonyl (C=O) groups is 1. The lowest BCUT2D eigenvalue weighted by molar-refractivity contribution is -0.122. The average Bonchev–Trinajstić information content (AvgIpc) is 2.83. The second kappa shape index (κ2) is 6.52. The van der Waals surface area contributed by atoms with Crippen molar-refractivity contribution in [2.45, 2.75) is 25.9 Å². The zero-order valence-electron chi connectivity index (χ0n) is 10.7. The molecule has 1 atom stereocenters. The SMILES string of the molecule is CC(NC(=O)CCn1cc(Br)cn1)c1ccccc1. The lowest BCUT2D eigenvalue weighted by Crippen LogP contribution is -2.27. The number of rotatable bonds is 5. The smallest absolute Gasteiger partial charge is 0.222 e. The van der Waals surface area contributed by atoms with Crippen LogP contribution in [0, 0.1) is 0 Å². The van der Waals surface area contributed by atoms with Crippen molar-refractivity contribution in [3.05, 3.63) is 52.8 Å². The van der Waals surface area contributed by atoms with Gasteiger partial charge in [-0.1, -0.05) is 30.3 Å². The molecule has 0 aliphatic heterocycles. The summed E-state index contributed by atoms with van der Waals surface area (Å²) in [6.45, 7) is 2.57. The fourth-order valence-electron chi connectivity index (χ4n) is 1.82. The van der Waals surface area contributed by atoms with Crippen molar-refractivity contribution in [2.24, 2.45) is 0 Å². The topological polar surface area (TPSA) is 46.9 Å². The summed E-state index contributed by atoms with van der Waals surface area (Å²) < 4.78 is 2.67. The number of amides is 1. The normalized spacial score (nSPS) is 12.1. The van der Waals surface area contributed by atoms with E-state index in [9.17, 15) is 4.79 Å². The van der Waals surface area contributed by atoms with E-state index in [0.29, 0.717) is 13.0 Å². The summed E-state index contributed by atoms with van der Waals surface area (Å²) in [5.74, 6) is 0.0305. The van der Waals surface area contributed by atoms with Crippen molar-refractivity contribution in [3.8, 4) is 0 Å². The molecule has 1 N–H and O–H groups in total. The van der Waals surface area contributed by atoms with Crippen LogP contribution in [0.4, 0.5) is 0 Å². The van der Waals surface area contributed by atoms with E-state index in [1.165, 1.54) is 0 Å². The van der Waals surface area contributed by atoms with Gasteiger partial charge in [0, 0.05) is 19.2 Å². The Balaban J connectivity index is 1.81. The van der Waals surface area contributed by atoms with Crippen molar-refractivity contribution >= 4 is 21.8 Å². The first kappa shape index (κ1) is 13.8. The summed E-state index contributed by atoms with van der Waals surface area (Å²) >= 11 is 3.33. The Morgan fingerprint density at radius 2 is 2.16 bits per heavy atom. The predicted octanol–water partition coefficient (Wildman–Crippen LogP) is 2.91. The molecule has 4 nitrogen and oxygen atoms in total. The summed E-state index contributed by atoms with van der Waals surface area (Å²) in [7, 11) is 0. The number of nitrogens with zero attached hydrogens (tertiary/aromatic N) is 2. The molecule has 1 heterocycles. The quantitative estimate of drug-likeness (QED) is 0.920. The summed E-state index contributed by atoms with van der Waals surface area (Å²) in [6, 6.07) is 9.95. The van der Waals surface area contributed by atoms with Crippen LogP contribution < -0.4 is 5.32 Å². The maximum atomic E-state index is 11.8. The van der Waals surface area contributed by atoms with Crippen LogP contribution in [0.3, 0.4) is 0 Å². The Morgan fingerprint density at radius 3 is 2.79 bits per heavy atom. The second-order valence-corrected chi connectivity index (χ2v) is 5.29. The molecule has 1 aromatic carbocycles. The van der Waals surface area contributed by atoms with Gasteiger partial charge in [-0.2, -0.15) is 5.10 Å². The van der Waals surface area contributed by atoms with Gasteiger partial charge in [-0.25, -0.2) is 0 Å². The van der Waals surface area contributed by atoms with Gasteiger partial charge < -0.3 is 5.32 Å². The van der Waals surface area contributed by atoms with Crippen molar-refractivity contribution in [1.29, 1.82) is 0 Å². The van der Waals surface area contributed by atoms with Gasteiger partial charge in [-0.15, -0.1) is 0 Å². The number of benzene rings is 1. The molecule has 0 saturated heterocycles. The van der Waals surface area contributed by atoms with Gasteiger partial charge in [0.1, 0.15) is 0 Å². The number of carbonyl (C=O) groups excluding carboxylic acids is 1. The molecule has 0 aliphatic rings. The van der Waals surface area contributed by atoms with E-state index < -0.39 is 0 Å². The first-order chi connectivity index (χ1) is 9.15. The van der Waals surface area contributed by atoms with Gasteiger partial charge in [0.05, 0.1) is 16.7 Å². The molecule has 1 amide bonds. The van der Waals surface area contributed by atoms with Gasteiger partial charge in [0.25, 0.3) is 0 Å². The number of aromatic nitrogens is 2. The van der Waals surface area contributed by atoms with E-state index in [0.717, 1.165) is 10.0 Å². The number of hydrogen-bond acceptors (Lipinski definition) is 2. The van der Waals surface area contributed by atoms with Crippen molar-refractivity contribution < 1.29 is 4.79 Å². The Labute approximate surface area is 120 Å². The van der Waals surface area contributed by atoms with Crippen molar-refractivity contribution in [2.75, 3.05) is 0 Å². The van der Waals surface area contributed by atoms with E-state index in [4.69, 9.17) is 0 Å². The number of hydrogen-bond donors (Lipinski definition) is 1. The van der Waals surface area contributed by atoms with Crippen LogP contribution in [0.1, 0.15) is 24.9 Å². The van der Waals surface area contributed by atoms with Crippen LogP contribution >= 0.6 is 15.9 Å². The number of nitrogens with one attached hydrogen (secondary N) is 1. The standard InChI is InChI=1S/C14H16BrN3O/c1-11(12-5-3-2-4-6-12)17-14(19)7-8-18-10-13(15)9-16-18/h2-6,9-11H,7-8H2,1H3,(H,17,19). The van der Waals surface area contributed by atoms with E-state index in [2.05, 4.69) is 26.3 Å². The van der Waals surface area contributed by atoms with E-state index in [-0.39, 0.29) is 11.9 Å². The zero-order valence-corrected chi connectivity index (χ0v) is 12.3. The van der Waals surface area contributed by atoms with Gasteiger partial charge in [0.15, 0.2) is 0 Å². The van der Waals surface area contributed by atoms with Gasteiger partial charge in [-0.05, 0) is 28.4 Å². The molecule has 100 valence electrons. The highest BCUT2D eigenvalue weighted by atomic mass is 79.9. The van der Waals surface area contributed by atoms with Crippen molar-refractivity contribution in [3.63, 3.8) is 0 Å². The zero-order chi connectivity index (χ0) is 13.7. The third-order valence-corrected chi connectivity index (χ3v) is 3.26. The highest BCUT2D eigenvalue weighted by Gasteiger charge is 2.09. The highest BCUT2D eigenvalue weighted by molar-refractivity contribution is 9.10. The fraction of sp³-hybridized carbons (Fsp3) is 0.286. The lowest BCUT2D eigenvalue weighted by Gasteiger charge is -2.14. The molecule has 0 aliphatic carbocycles. The molecule has 0 fully saturated rings. The first-order valence-electron chi connectivity index (χ1n) is 6.17. The third-order valence-electron chi connectivity index (χ3n) is 2.85. The average molecular weight is 322 g/mol. The Bertz CT molecular complexity index is 539. The van der Waals surface area contributed by atoms with Gasteiger partial charge in [-0.3, -0.25) is 9.48 Å². The van der Waals surface area contributed by atoms with Crippen LogP contribution in [0.2, 0.25) is 0 Å². The molecule has 5 heteroatoms. The van der Waals surface area contributed by atoms with Crippen LogP contribution in [0.25, 0.3) is 0 Å². The molecule has 1 unspecified atom stereocenters. The summed E-state index contributed by atoms with van der Waals surface area (Å²) in [4.78, 5) is 11.8. The molecular formula is C14H16BrN3O. The van der Waals surface area contributed by atoms with Crippen molar-refractivity contribution in [1.82, 2.24) is 15.1 Å². The Hall–Kier alpha value is -1.62. The van der Waals surface area contributed by atoms with E-state index in [1.807, 2.05) is 43.5 Å². The first-order valence-corrected chi connectivity index (χ1v) is 6.97. The summed E-state index contributed by atoms with van der Waals surface area (Å²) in [5.41, 5.74) is 1.11. The molecule has 2 rings (SSSR count). The maximum Gasteiger partial charge on any atom is 0.222 e. The van der Waals surface area contributed by atoms with Gasteiger partial charge >= 0.3 is 0 Å². The molecule has 0 saturated carbocycles.